The minimum atomic E-state index is -0.337. The monoisotopic (exact) mass is 334 g/mol. The molecule has 1 heterocycles. The second kappa shape index (κ2) is 9.24. The van der Waals surface area contributed by atoms with E-state index in [1.807, 2.05) is 0 Å². The average Bonchev–Trinajstić information content (AvgIpc) is 2.59. The Morgan fingerprint density at radius 3 is 2.67 bits per heavy atom. The molecule has 1 aliphatic carbocycles. The molecule has 2 fully saturated rings. The van der Waals surface area contributed by atoms with Gasteiger partial charge < -0.3 is 15.4 Å². The largest absolute Gasteiger partial charge is 0.366 e. The summed E-state index contributed by atoms with van der Waals surface area (Å²) in [4.78, 5) is 12.3. The van der Waals surface area contributed by atoms with Crippen LogP contribution in [0.1, 0.15) is 59.3 Å². The highest BCUT2D eigenvalue weighted by molar-refractivity contribution is 6.11. The lowest BCUT2D eigenvalue weighted by molar-refractivity contribution is -0.134. The Morgan fingerprint density at radius 1 is 1.29 bits per heavy atom. The summed E-state index contributed by atoms with van der Waals surface area (Å²) >= 11 is 0. The van der Waals surface area contributed by atoms with Crippen molar-refractivity contribution in [3.8, 4) is 0 Å². The van der Waals surface area contributed by atoms with Gasteiger partial charge in [-0.25, -0.2) is 0 Å². The van der Waals surface area contributed by atoms with E-state index in [2.05, 4.69) is 31.4 Å². The molecule has 0 aromatic carbocycles. The van der Waals surface area contributed by atoms with Crippen LogP contribution in [0.5, 0.6) is 0 Å². The zero-order valence-electron chi connectivity index (χ0n) is 15.8. The molecule has 0 aromatic heterocycles. The maximum Gasteiger partial charge on any atom is 0.250 e. The van der Waals surface area contributed by atoms with E-state index in [1.54, 1.807) is 0 Å². The third-order valence-corrected chi connectivity index (χ3v) is 6.24. The van der Waals surface area contributed by atoms with Gasteiger partial charge in [0.1, 0.15) is 6.10 Å². The molecule has 0 bridgehead atoms. The lowest BCUT2D eigenvalue weighted by Crippen LogP contribution is -2.49. The molecule has 0 aromatic rings. The summed E-state index contributed by atoms with van der Waals surface area (Å²) < 4.78 is 5.54. The van der Waals surface area contributed by atoms with Gasteiger partial charge in [-0.15, -0.1) is 0 Å². The van der Waals surface area contributed by atoms with Crippen LogP contribution in [0.2, 0.25) is 5.82 Å². The predicted molar refractivity (Wildman–Crippen MR) is 99.3 cm³/mol. The van der Waals surface area contributed by atoms with E-state index >= 15 is 0 Å². The summed E-state index contributed by atoms with van der Waals surface area (Å²) in [5, 5.41) is 6.35. The number of ether oxygens (including phenoxy) is 1. The second-order valence-corrected chi connectivity index (χ2v) is 8.38. The first-order chi connectivity index (χ1) is 11.4. The Kier molecular flexibility index (Phi) is 7.61. The minimum absolute atomic E-state index is 0.0270. The number of morpholine rings is 1. The Labute approximate surface area is 149 Å². The van der Waals surface area contributed by atoms with Crippen molar-refractivity contribution in [3.63, 3.8) is 0 Å². The van der Waals surface area contributed by atoms with Gasteiger partial charge in [-0.05, 0) is 30.1 Å². The summed E-state index contributed by atoms with van der Waals surface area (Å²) in [6.07, 6.45) is 6.64. The Balaban J connectivity index is 1.85. The Morgan fingerprint density at radius 2 is 2.00 bits per heavy atom. The van der Waals surface area contributed by atoms with Crippen molar-refractivity contribution in [1.29, 1.82) is 0 Å². The third-order valence-electron chi connectivity index (χ3n) is 6.24. The molecule has 2 N–H and O–H groups in total. The smallest absolute Gasteiger partial charge is 0.250 e. The highest BCUT2D eigenvalue weighted by atomic mass is 16.5. The molecule has 136 valence electrons. The number of hydrogen-bond donors (Lipinski definition) is 2. The first kappa shape index (κ1) is 19.8. The quantitative estimate of drug-likeness (QED) is 0.780. The van der Waals surface area contributed by atoms with Gasteiger partial charge in [0.05, 0.1) is 14.5 Å². The van der Waals surface area contributed by atoms with Crippen molar-refractivity contribution in [3.05, 3.63) is 0 Å². The van der Waals surface area contributed by atoms with Crippen LogP contribution in [-0.4, -0.2) is 46.1 Å². The van der Waals surface area contributed by atoms with Crippen molar-refractivity contribution in [2.75, 3.05) is 26.2 Å². The Bertz CT molecular complexity index is 383. The molecule has 5 heteroatoms. The summed E-state index contributed by atoms with van der Waals surface area (Å²) in [5.41, 5.74) is 0.164. The molecule has 24 heavy (non-hydrogen) atoms. The van der Waals surface area contributed by atoms with Crippen LogP contribution in [0, 0.1) is 17.3 Å². The van der Waals surface area contributed by atoms with Gasteiger partial charge >= 0.3 is 0 Å². The molecular formula is C19H35BN2O2. The zero-order valence-corrected chi connectivity index (χ0v) is 15.8. The van der Waals surface area contributed by atoms with Crippen molar-refractivity contribution in [2.24, 2.45) is 17.3 Å². The van der Waals surface area contributed by atoms with E-state index in [0.29, 0.717) is 30.8 Å². The normalized spacial score (nSPS) is 39.1. The van der Waals surface area contributed by atoms with Crippen LogP contribution in [0.4, 0.5) is 0 Å². The maximum absolute atomic E-state index is 12.3. The first-order valence-electron chi connectivity index (χ1n) is 9.77. The van der Waals surface area contributed by atoms with Crippen molar-refractivity contribution in [1.82, 2.24) is 10.6 Å². The molecule has 1 amide bonds. The van der Waals surface area contributed by atoms with Gasteiger partial charge in [-0.3, -0.25) is 4.79 Å². The first-order valence-corrected chi connectivity index (χ1v) is 9.77. The molecule has 1 aliphatic heterocycles. The highest BCUT2D eigenvalue weighted by Crippen LogP contribution is 2.38. The van der Waals surface area contributed by atoms with Gasteiger partial charge in [0.25, 0.3) is 0 Å². The molecule has 2 aliphatic rings. The van der Waals surface area contributed by atoms with E-state index in [9.17, 15) is 4.79 Å². The maximum atomic E-state index is 12.3. The second-order valence-electron chi connectivity index (χ2n) is 8.38. The molecular weight excluding hydrogens is 299 g/mol. The number of hydrogen-bond acceptors (Lipinski definition) is 3. The third kappa shape index (κ3) is 5.77. The van der Waals surface area contributed by atoms with Crippen molar-refractivity contribution in [2.45, 2.75) is 71.2 Å². The number of carbonyl (C=O) groups excluding carboxylic acids is 1. The summed E-state index contributed by atoms with van der Waals surface area (Å²) in [7, 11) is 6.37. The van der Waals surface area contributed by atoms with Crippen LogP contribution in [0.3, 0.4) is 0 Å². The van der Waals surface area contributed by atoms with Crippen LogP contribution in [0.25, 0.3) is 0 Å². The standard InChI is InChI=1S/C19H35BN2O2/c1-14-6-4-8-19(3,9-5-7-16(20)15(14)2)13-22-18(23)17-12-21-10-11-24-17/h14-17,21H,4-13H2,1-3H3,(H,22,23). The van der Waals surface area contributed by atoms with Gasteiger partial charge in [-0.2, -0.15) is 0 Å². The van der Waals surface area contributed by atoms with Gasteiger partial charge in [0, 0.05) is 19.6 Å². The molecule has 1 saturated carbocycles. The van der Waals surface area contributed by atoms with Gasteiger partial charge in [-0.1, -0.05) is 52.3 Å². The molecule has 5 atom stereocenters. The van der Waals surface area contributed by atoms with Gasteiger partial charge in [0.2, 0.25) is 5.91 Å². The molecule has 4 nitrogen and oxygen atoms in total. The predicted octanol–water partition coefficient (Wildman–Crippen LogP) is 2.68. The van der Waals surface area contributed by atoms with E-state index in [1.165, 1.54) is 19.3 Å². The fourth-order valence-corrected chi connectivity index (χ4v) is 4.01. The molecule has 2 rings (SSSR count). The number of rotatable bonds is 3. The summed E-state index contributed by atoms with van der Waals surface area (Å²) in [6, 6.07) is 0. The van der Waals surface area contributed by atoms with Crippen LogP contribution < -0.4 is 10.6 Å². The molecule has 1 saturated heterocycles. The number of amides is 1. The topological polar surface area (TPSA) is 50.4 Å². The van der Waals surface area contributed by atoms with Crippen molar-refractivity contribution >= 4 is 13.8 Å². The highest BCUT2D eigenvalue weighted by Gasteiger charge is 2.29. The summed E-state index contributed by atoms with van der Waals surface area (Å²) in [6.45, 7) is 9.75. The lowest BCUT2D eigenvalue weighted by atomic mass is 9.66. The van der Waals surface area contributed by atoms with E-state index in [0.717, 1.165) is 32.4 Å². The van der Waals surface area contributed by atoms with E-state index in [-0.39, 0.29) is 17.4 Å². The molecule has 5 unspecified atom stereocenters. The van der Waals surface area contributed by atoms with Crippen LogP contribution >= 0.6 is 0 Å². The van der Waals surface area contributed by atoms with Crippen LogP contribution in [0.15, 0.2) is 0 Å². The van der Waals surface area contributed by atoms with E-state index < -0.39 is 0 Å². The lowest BCUT2D eigenvalue weighted by Gasteiger charge is -2.35. The van der Waals surface area contributed by atoms with Gasteiger partial charge in [0.15, 0.2) is 0 Å². The molecule has 2 radical (unpaired) electrons. The summed E-state index contributed by atoms with van der Waals surface area (Å²) in [5.74, 6) is 1.61. The average molecular weight is 334 g/mol. The van der Waals surface area contributed by atoms with E-state index in [4.69, 9.17) is 12.6 Å². The van der Waals surface area contributed by atoms with Crippen molar-refractivity contribution < 1.29 is 9.53 Å². The number of carbonyl (C=O) groups is 1. The van der Waals surface area contributed by atoms with Crippen LogP contribution in [-0.2, 0) is 9.53 Å². The number of nitrogens with one attached hydrogen (secondary N) is 2. The SMILES string of the molecule is [B]C1CCCC(C)(CNC(=O)C2CNCCO2)CCCC(C)C1C. The molecule has 0 spiro atoms. The fourth-order valence-electron chi connectivity index (χ4n) is 4.01. The Hall–Kier alpha value is -0.545. The minimum Gasteiger partial charge on any atom is -0.366 e. The zero-order chi connectivity index (χ0) is 17.6. The fraction of sp³-hybridized carbons (Fsp3) is 0.947.